The van der Waals surface area contributed by atoms with Gasteiger partial charge in [-0.2, -0.15) is 0 Å². The summed E-state index contributed by atoms with van der Waals surface area (Å²) in [4.78, 5) is 11.9. The Morgan fingerprint density at radius 3 is 2.03 bits per heavy atom. The van der Waals surface area contributed by atoms with Crippen molar-refractivity contribution in [1.29, 1.82) is 0 Å². The number of anilines is 3. The second-order valence-electron chi connectivity index (χ2n) is 6.07. The highest BCUT2D eigenvalue weighted by atomic mass is 35.5. The van der Waals surface area contributed by atoms with Crippen LogP contribution in [0.4, 0.5) is 25.8 Å². The zero-order valence-electron chi connectivity index (χ0n) is 14.9. The van der Waals surface area contributed by atoms with Gasteiger partial charge in [-0.3, -0.25) is 9.52 Å². The van der Waals surface area contributed by atoms with Crippen molar-refractivity contribution >= 4 is 56.2 Å². The first-order valence-corrected chi connectivity index (χ1v) is 10.4. The minimum Gasteiger partial charge on any atom is -0.396 e. The molecular weight excluding hydrogens is 459 g/mol. The van der Waals surface area contributed by atoms with E-state index in [0.29, 0.717) is 17.8 Å². The maximum atomic E-state index is 13.3. The van der Waals surface area contributed by atoms with Crippen LogP contribution in [0.2, 0.25) is 10.0 Å². The number of sulfonamides is 1. The van der Waals surface area contributed by atoms with Crippen LogP contribution < -0.4 is 15.8 Å². The third-order valence-corrected chi connectivity index (χ3v) is 5.94. The zero-order valence-corrected chi connectivity index (χ0v) is 17.2. The van der Waals surface area contributed by atoms with Crippen LogP contribution in [-0.2, 0) is 10.0 Å². The molecule has 6 nitrogen and oxygen atoms in total. The van der Waals surface area contributed by atoms with Gasteiger partial charge in [0.2, 0.25) is 0 Å². The third kappa shape index (κ3) is 4.81. The smallest absolute Gasteiger partial charge is 0.261 e. The molecule has 1 amide bonds. The van der Waals surface area contributed by atoms with Crippen LogP contribution in [0.15, 0.2) is 59.5 Å². The molecule has 0 aliphatic rings. The summed E-state index contributed by atoms with van der Waals surface area (Å²) >= 11 is 11.9. The third-order valence-electron chi connectivity index (χ3n) is 3.94. The summed E-state index contributed by atoms with van der Waals surface area (Å²) in [7, 11) is -4.15. The molecule has 3 aromatic rings. The van der Waals surface area contributed by atoms with Gasteiger partial charge in [0.15, 0.2) is 11.6 Å². The summed E-state index contributed by atoms with van der Waals surface area (Å²) in [5.74, 6) is -2.94. The standard InChI is InChI=1S/C19H13Cl2F2N3O3S/c20-14-7-12(8-15(21)18(14)24)25-19(27)10-1-3-11(4-2-10)26-30(28,29)13-5-6-16(22)17(23)9-13/h1-9,26H,24H2,(H,25,27). The molecule has 0 bridgehead atoms. The normalized spacial score (nSPS) is 11.2. The molecule has 0 atom stereocenters. The van der Waals surface area contributed by atoms with Gasteiger partial charge in [0, 0.05) is 16.9 Å². The summed E-state index contributed by atoms with van der Waals surface area (Å²) in [5, 5.41) is 2.95. The number of nitrogen functional groups attached to an aromatic ring is 1. The molecule has 11 heteroatoms. The van der Waals surface area contributed by atoms with E-state index in [9.17, 15) is 22.0 Å². The van der Waals surface area contributed by atoms with E-state index in [-0.39, 0.29) is 27.0 Å². The van der Waals surface area contributed by atoms with E-state index >= 15 is 0 Å². The first-order valence-electron chi connectivity index (χ1n) is 8.20. The highest BCUT2D eigenvalue weighted by Gasteiger charge is 2.17. The van der Waals surface area contributed by atoms with Crippen molar-refractivity contribution in [3.63, 3.8) is 0 Å². The second-order valence-corrected chi connectivity index (χ2v) is 8.56. The first kappa shape index (κ1) is 21.8. The Morgan fingerprint density at radius 1 is 0.867 bits per heavy atom. The molecule has 0 aromatic heterocycles. The van der Waals surface area contributed by atoms with Gasteiger partial charge < -0.3 is 11.1 Å². The number of amides is 1. The lowest BCUT2D eigenvalue weighted by molar-refractivity contribution is 0.102. The van der Waals surface area contributed by atoms with Crippen molar-refractivity contribution in [2.75, 3.05) is 15.8 Å². The number of nitrogens with one attached hydrogen (secondary N) is 2. The fourth-order valence-electron chi connectivity index (χ4n) is 2.41. The quantitative estimate of drug-likeness (QED) is 0.460. The maximum absolute atomic E-state index is 13.3. The van der Waals surface area contributed by atoms with E-state index in [1.54, 1.807) is 0 Å². The Kier molecular flexibility index (Phi) is 6.16. The largest absolute Gasteiger partial charge is 0.396 e. The van der Waals surface area contributed by atoms with Crippen molar-refractivity contribution in [3.8, 4) is 0 Å². The monoisotopic (exact) mass is 471 g/mol. The molecule has 0 heterocycles. The predicted octanol–water partition coefficient (Wildman–Crippen LogP) is 4.91. The molecule has 0 spiro atoms. The molecule has 156 valence electrons. The van der Waals surface area contributed by atoms with E-state index in [1.165, 1.54) is 36.4 Å². The topological polar surface area (TPSA) is 101 Å². The van der Waals surface area contributed by atoms with Crippen LogP contribution in [0.25, 0.3) is 0 Å². The Balaban J connectivity index is 1.74. The lowest BCUT2D eigenvalue weighted by atomic mass is 10.2. The minimum atomic E-state index is -4.15. The summed E-state index contributed by atoms with van der Waals surface area (Å²) in [6, 6.07) is 10.5. The summed E-state index contributed by atoms with van der Waals surface area (Å²) in [6.45, 7) is 0. The van der Waals surface area contributed by atoms with Crippen molar-refractivity contribution < 1.29 is 22.0 Å². The van der Waals surface area contributed by atoms with E-state index in [0.717, 1.165) is 6.07 Å². The fraction of sp³-hybridized carbons (Fsp3) is 0. The molecule has 0 aliphatic carbocycles. The number of rotatable bonds is 5. The number of halogens is 4. The molecular formula is C19H13Cl2F2N3O3S. The number of nitrogens with two attached hydrogens (primary N) is 1. The number of benzene rings is 3. The number of carbonyl (C=O) groups is 1. The van der Waals surface area contributed by atoms with E-state index in [1.807, 2.05) is 0 Å². The van der Waals surface area contributed by atoms with Crippen molar-refractivity contribution in [3.05, 3.63) is 81.8 Å². The lowest BCUT2D eigenvalue weighted by Gasteiger charge is -2.10. The van der Waals surface area contributed by atoms with E-state index in [4.69, 9.17) is 28.9 Å². The average molecular weight is 472 g/mol. The fourth-order valence-corrected chi connectivity index (χ4v) is 3.96. The van der Waals surface area contributed by atoms with Crippen LogP contribution >= 0.6 is 23.2 Å². The van der Waals surface area contributed by atoms with Gasteiger partial charge in [-0.05, 0) is 54.6 Å². The lowest BCUT2D eigenvalue weighted by Crippen LogP contribution is -2.14. The number of carbonyl (C=O) groups excluding carboxylic acids is 1. The average Bonchev–Trinajstić information content (AvgIpc) is 2.68. The highest BCUT2D eigenvalue weighted by molar-refractivity contribution is 7.92. The van der Waals surface area contributed by atoms with Gasteiger partial charge in [-0.1, -0.05) is 23.2 Å². The van der Waals surface area contributed by atoms with Gasteiger partial charge in [-0.15, -0.1) is 0 Å². The molecule has 0 aliphatic heterocycles. The second kappa shape index (κ2) is 8.47. The molecule has 3 aromatic carbocycles. The van der Waals surface area contributed by atoms with Gasteiger partial charge in [-0.25, -0.2) is 17.2 Å². The van der Waals surface area contributed by atoms with Crippen LogP contribution in [-0.4, -0.2) is 14.3 Å². The molecule has 0 saturated carbocycles. The van der Waals surface area contributed by atoms with Crippen LogP contribution in [0.1, 0.15) is 10.4 Å². The van der Waals surface area contributed by atoms with Crippen LogP contribution in [0, 0.1) is 11.6 Å². The Bertz CT molecular complexity index is 1210. The van der Waals surface area contributed by atoms with Gasteiger partial charge in [0.05, 0.1) is 20.6 Å². The van der Waals surface area contributed by atoms with Gasteiger partial charge in [0.1, 0.15) is 0 Å². The van der Waals surface area contributed by atoms with Crippen molar-refractivity contribution in [1.82, 2.24) is 0 Å². The van der Waals surface area contributed by atoms with Crippen molar-refractivity contribution in [2.45, 2.75) is 4.90 Å². The van der Waals surface area contributed by atoms with Crippen LogP contribution in [0.5, 0.6) is 0 Å². The van der Waals surface area contributed by atoms with Crippen molar-refractivity contribution in [2.24, 2.45) is 0 Å². The molecule has 0 radical (unpaired) electrons. The SMILES string of the molecule is Nc1c(Cl)cc(NC(=O)c2ccc(NS(=O)(=O)c3ccc(F)c(F)c3)cc2)cc1Cl. The summed E-state index contributed by atoms with van der Waals surface area (Å²) < 4.78 is 53.1. The molecule has 0 unspecified atom stereocenters. The van der Waals surface area contributed by atoms with E-state index < -0.39 is 32.5 Å². The molecule has 3 rings (SSSR count). The molecule has 4 N–H and O–H groups in total. The Hall–Kier alpha value is -2.88. The van der Waals surface area contributed by atoms with Gasteiger partial charge in [0.25, 0.3) is 15.9 Å². The molecule has 0 saturated heterocycles. The highest BCUT2D eigenvalue weighted by Crippen LogP contribution is 2.31. The van der Waals surface area contributed by atoms with Gasteiger partial charge >= 0.3 is 0 Å². The zero-order chi connectivity index (χ0) is 22.1. The maximum Gasteiger partial charge on any atom is 0.261 e. The number of hydrogen-bond donors (Lipinski definition) is 3. The minimum absolute atomic E-state index is 0.120. The van der Waals surface area contributed by atoms with E-state index in [2.05, 4.69) is 10.0 Å². The summed E-state index contributed by atoms with van der Waals surface area (Å²) in [6.07, 6.45) is 0. The Morgan fingerprint density at radius 2 is 1.47 bits per heavy atom. The van der Waals surface area contributed by atoms with Crippen LogP contribution in [0.3, 0.4) is 0 Å². The Labute approximate surface area is 180 Å². The first-order chi connectivity index (χ1) is 14.1. The molecule has 0 fully saturated rings. The predicted molar refractivity (Wildman–Crippen MR) is 112 cm³/mol. The number of hydrogen-bond acceptors (Lipinski definition) is 4. The summed E-state index contributed by atoms with van der Waals surface area (Å²) in [5.41, 5.74) is 6.50. The molecule has 30 heavy (non-hydrogen) atoms.